The lowest BCUT2D eigenvalue weighted by molar-refractivity contribution is 0.116. The number of hydrogen-bond donors (Lipinski definition) is 1. The quantitative estimate of drug-likeness (QED) is 0.603. The maximum absolute atomic E-state index is 5.28. The van der Waals surface area contributed by atoms with Crippen molar-refractivity contribution >= 4 is 0 Å². The third kappa shape index (κ3) is 2.33. The van der Waals surface area contributed by atoms with E-state index >= 15 is 0 Å². The summed E-state index contributed by atoms with van der Waals surface area (Å²) < 4.78 is 5.28. The van der Waals surface area contributed by atoms with Crippen LogP contribution < -0.4 is 5.32 Å². The average molecular weight is 129 g/mol. The standard InChI is InChI=1S/C7H15NO/c1-2-9-6-7-3-4-8-5-7/h7-8H,2-6H2,1H3/t7-/m1/s1. The summed E-state index contributed by atoms with van der Waals surface area (Å²) in [6.45, 7) is 6.18. The molecule has 0 aromatic rings. The highest BCUT2D eigenvalue weighted by molar-refractivity contribution is 4.69. The van der Waals surface area contributed by atoms with Crippen LogP contribution in [0.3, 0.4) is 0 Å². The minimum Gasteiger partial charge on any atom is -0.381 e. The van der Waals surface area contributed by atoms with Gasteiger partial charge in [-0.25, -0.2) is 0 Å². The van der Waals surface area contributed by atoms with Crippen molar-refractivity contribution < 1.29 is 4.74 Å². The van der Waals surface area contributed by atoms with E-state index in [-0.39, 0.29) is 0 Å². The van der Waals surface area contributed by atoms with E-state index in [2.05, 4.69) is 5.32 Å². The minimum atomic E-state index is 0.782. The van der Waals surface area contributed by atoms with E-state index in [1.807, 2.05) is 6.92 Å². The van der Waals surface area contributed by atoms with Gasteiger partial charge in [-0.2, -0.15) is 0 Å². The van der Waals surface area contributed by atoms with Gasteiger partial charge >= 0.3 is 0 Å². The predicted molar refractivity (Wildman–Crippen MR) is 37.5 cm³/mol. The van der Waals surface area contributed by atoms with Gasteiger partial charge in [0.05, 0.1) is 6.61 Å². The molecule has 1 heterocycles. The van der Waals surface area contributed by atoms with E-state index in [1.54, 1.807) is 0 Å². The molecule has 1 aliphatic heterocycles. The van der Waals surface area contributed by atoms with Gasteiger partial charge in [0, 0.05) is 13.2 Å². The van der Waals surface area contributed by atoms with Gasteiger partial charge in [0.2, 0.25) is 0 Å². The van der Waals surface area contributed by atoms with Crippen molar-refractivity contribution in [2.45, 2.75) is 13.3 Å². The fourth-order valence-electron chi connectivity index (χ4n) is 1.14. The highest BCUT2D eigenvalue weighted by Crippen LogP contribution is 2.06. The lowest BCUT2D eigenvalue weighted by Gasteiger charge is -2.05. The Labute approximate surface area is 56.6 Å². The summed E-state index contributed by atoms with van der Waals surface area (Å²) in [7, 11) is 0. The summed E-state index contributed by atoms with van der Waals surface area (Å²) in [6, 6.07) is 0. The Morgan fingerprint density at radius 1 is 1.67 bits per heavy atom. The molecule has 1 rings (SSSR count). The van der Waals surface area contributed by atoms with Crippen LogP contribution in [-0.2, 0) is 4.74 Å². The summed E-state index contributed by atoms with van der Waals surface area (Å²) >= 11 is 0. The van der Waals surface area contributed by atoms with Gasteiger partial charge in [-0.3, -0.25) is 0 Å². The van der Waals surface area contributed by atoms with Crippen LogP contribution in [0.15, 0.2) is 0 Å². The molecule has 2 nitrogen and oxygen atoms in total. The molecule has 2 heteroatoms. The van der Waals surface area contributed by atoms with E-state index in [1.165, 1.54) is 13.0 Å². The zero-order valence-electron chi connectivity index (χ0n) is 6.02. The molecular weight excluding hydrogens is 114 g/mol. The molecule has 0 bridgehead atoms. The van der Waals surface area contributed by atoms with Crippen LogP contribution >= 0.6 is 0 Å². The molecule has 1 saturated heterocycles. The summed E-state index contributed by atoms with van der Waals surface area (Å²) in [5.41, 5.74) is 0. The van der Waals surface area contributed by atoms with E-state index in [0.717, 1.165) is 25.7 Å². The van der Waals surface area contributed by atoms with Crippen molar-refractivity contribution in [2.24, 2.45) is 5.92 Å². The van der Waals surface area contributed by atoms with Crippen molar-refractivity contribution in [3.8, 4) is 0 Å². The summed E-state index contributed by atoms with van der Waals surface area (Å²) in [6.07, 6.45) is 1.29. The van der Waals surface area contributed by atoms with Crippen LogP contribution in [0.4, 0.5) is 0 Å². The van der Waals surface area contributed by atoms with Crippen LogP contribution in [0.25, 0.3) is 0 Å². The minimum absolute atomic E-state index is 0.782. The van der Waals surface area contributed by atoms with Gasteiger partial charge in [0.25, 0.3) is 0 Å². The molecule has 1 atom stereocenters. The largest absolute Gasteiger partial charge is 0.381 e. The molecule has 9 heavy (non-hydrogen) atoms. The number of hydrogen-bond acceptors (Lipinski definition) is 2. The van der Waals surface area contributed by atoms with Crippen LogP contribution in [0.1, 0.15) is 13.3 Å². The second-order valence-corrected chi connectivity index (χ2v) is 2.52. The third-order valence-electron chi connectivity index (χ3n) is 1.72. The highest BCUT2D eigenvalue weighted by Gasteiger charge is 2.13. The Balaban J connectivity index is 1.98. The SMILES string of the molecule is CCOC[C@@H]1CCNC1. The Morgan fingerprint density at radius 2 is 2.56 bits per heavy atom. The Hall–Kier alpha value is -0.0800. The first-order valence-corrected chi connectivity index (χ1v) is 3.72. The summed E-state index contributed by atoms with van der Waals surface area (Å²) in [5, 5.41) is 3.30. The molecule has 0 saturated carbocycles. The van der Waals surface area contributed by atoms with Gasteiger partial charge in [0.15, 0.2) is 0 Å². The Kier molecular flexibility index (Phi) is 3.01. The molecular formula is C7H15NO. The molecule has 0 radical (unpaired) electrons. The van der Waals surface area contributed by atoms with E-state index in [4.69, 9.17) is 4.74 Å². The topological polar surface area (TPSA) is 21.3 Å². The maximum atomic E-state index is 5.28. The lowest BCUT2D eigenvalue weighted by Crippen LogP contribution is -2.13. The molecule has 1 fully saturated rings. The van der Waals surface area contributed by atoms with Crippen molar-refractivity contribution in [3.05, 3.63) is 0 Å². The second-order valence-electron chi connectivity index (χ2n) is 2.52. The van der Waals surface area contributed by atoms with Gasteiger partial charge in [-0.1, -0.05) is 0 Å². The molecule has 0 aliphatic carbocycles. The molecule has 0 aromatic carbocycles. The van der Waals surface area contributed by atoms with Gasteiger partial charge in [0.1, 0.15) is 0 Å². The van der Waals surface area contributed by atoms with Crippen molar-refractivity contribution in [3.63, 3.8) is 0 Å². The van der Waals surface area contributed by atoms with Crippen molar-refractivity contribution in [1.82, 2.24) is 5.32 Å². The van der Waals surface area contributed by atoms with E-state index in [0.29, 0.717) is 0 Å². The Morgan fingerprint density at radius 3 is 3.11 bits per heavy atom. The molecule has 1 N–H and O–H groups in total. The van der Waals surface area contributed by atoms with E-state index in [9.17, 15) is 0 Å². The van der Waals surface area contributed by atoms with Crippen molar-refractivity contribution in [2.75, 3.05) is 26.3 Å². The van der Waals surface area contributed by atoms with Crippen LogP contribution in [0.5, 0.6) is 0 Å². The Bertz CT molecular complexity index is 69.3. The first kappa shape index (κ1) is 7.03. The van der Waals surface area contributed by atoms with Crippen LogP contribution in [0, 0.1) is 5.92 Å². The number of ether oxygens (including phenoxy) is 1. The van der Waals surface area contributed by atoms with Crippen LogP contribution in [0.2, 0.25) is 0 Å². The highest BCUT2D eigenvalue weighted by atomic mass is 16.5. The molecule has 0 unspecified atom stereocenters. The van der Waals surface area contributed by atoms with Crippen LogP contribution in [-0.4, -0.2) is 26.3 Å². The average Bonchev–Trinajstić information content (AvgIpc) is 2.34. The van der Waals surface area contributed by atoms with Gasteiger partial charge in [-0.05, 0) is 25.8 Å². The molecule has 0 spiro atoms. The zero-order chi connectivity index (χ0) is 6.53. The third-order valence-corrected chi connectivity index (χ3v) is 1.72. The molecule has 54 valence electrons. The normalized spacial score (nSPS) is 27.0. The maximum Gasteiger partial charge on any atom is 0.0506 e. The molecule has 1 aliphatic rings. The first-order valence-electron chi connectivity index (χ1n) is 3.72. The summed E-state index contributed by atoms with van der Waals surface area (Å²) in [4.78, 5) is 0. The van der Waals surface area contributed by atoms with E-state index < -0.39 is 0 Å². The monoisotopic (exact) mass is 129 g/mol. The predicted octanol–water partition coefficient (Wildman–Crippen LogP) is 0.632. The first-order chi connectivity index (χ1) is 4.43. The van der Waals surface area contributed by atoms with Crippen molar-refractivity contribution in [1.29, 1.82) is 0 Å². The number of nitrogens with one attached hydrogen (secondary N) is 1. The number of rotatable bonds is 3. The summed E-state index contributed by atoms with van der Waals surface area (Å²) in [5.74, 6) is 0.782. The molecule has 0 aromatic heterocycles. The zero-order valence-corrected chi connectivity index (χ0v) is 6.02. The smallest absolute Gasteiger partial charge is 0.0506 e. The van der Waals surface area contributed by atoms with Gasteiger partial charge in [-0.15, -0.1) is 0 Å². The fraction of sp³-hybridized carbons (Fsp3) is 1.00. The lowest BCUT2D eigenvalue weighted by atomic mass is 10.1. The second kappa shape index (κ2) is 3.85. The van der Waals surface area contributed by atoms with Gasteiger partial charge < -0.3 is 10.1 Å². The fourth-order valence-corrected chi connectivity index (χ4v) is 1.14. The molecule has 0 amide bonds.